The largest absolute Gasteiger partial charge is 0.449 e. The lowest BCUT2D eigenvalue weighted by atomic mass is 10.1. The van der Waals surface area contributed by atoms with Crippen LogP contribution in [0.5, 0.6) is 0 Å². The van der Waals surface area contributed by atoms with Gasteiger partial charge in [0.2, 0.25) is 0 Å². The van der Waals surface area contributed by atoms with Gasteiger partial charge in [-0.2, -0.15) is 0 Å². The number of carbonyl (C=O) groups is 2. The zero-order valence-electron chi connectivity index (χ0n) is 14.8. The number of hydrogen-bond acceptors (Lipinski definition) is 3. The summed E-state index contributed by atoms with van der Waals surface area (Å²) in [5, 5.41) is 0. The summed E-state index contributed by atoms with van der Waals surface area (Å²) in [4.78, 5) is 25.8. The molecule has 0 bridgehead atoms. The van der Waals surface area contributed by atoms with Crippen molar-refractivity contribution in [1.29, 1.82) is 0 Å². The molecule has 0 aromatic heterocycles. The minimum Gasteiger partial charge on any atom is -0.449 e. The highest BCUT2D eigenvalue weighted by Crippen LogP contribution is 2.08. The molecule has 0 saturated carbocycles. The van der Waals surface area contributed by atoms with Crippen molar-refractivity contribution in [1.82, 2.24) is 4.90 Å². The Bertz CT molecular complexity index is 753. The first kappa shape index (κ1) is 18.5. The molecule has 0 unspecified atom stereocenters. The van der Waals surface area contributed by atoms with Crippen LogP contribution in [0.15, 0.2) is 60.7 Å². The number of hydrogen-bond donors (Lipinski definition) is 0. The van der Waals surface area contributed by atoms with Crippen LogP contribution in [0.4, 0.5) is 0 Å². The Kier molecular flexibility index (Phi) is 6.52. The molecule has 0 N–H and O–H groups in total. The van der Waals surface area contributed by atoms with Crippen LogP contribution in [0.25, 0.3) is 6.08 Å². The quantitative estimate of drug-likeness (QED) is 0.598. The first-order chi connectivity index (χ1) is 12.0. The predicted molar refractivity (Wildman–Crippen MR) is 98.7 cm³/mol. The molecule has 2 aromatic rings. The Labute approximate surface area is 148 Å². The molecule has 1 atom stereocenters. The van der Waals surface area contributed by atoms with Crippen molar-refractivity contribution in [2.75, 3.05) is 7.05 Å². The standard InChI is InChI=1S/C21H23NO3/c1-16-8-7-11-18(14-16)12-13-20(23)25-17(2)21(24)22(3)15-19-9-5-4-6-10-19/h4-14,17H,15H2,1-3H3/b13-12+/t17-/m1/s1. The SMILES string of the molecule is Cc1cccc(/C=C/C(=O)O[C@H](C)C(=O)N(C)Cc2ccccc2)c1. The van der Waals surface area contributed by atoms with Crippen molar-refractivity contribution < 1.29 is 14.3 Å². The molecule has 4 nitrogen and oxygen atoms in total. The number of aryl methyl sites for hydroxylation is 1. The number of rotatable bonds is 6. The average molecular weight is 337 g/mol. The van der Waals surface area contributed by atoms with Gasteiger partial charge in [-0.1, -0.05) is 60.2 Å². The number of nitrogens with zero attached hydrogens (tertiary/aromatic N) is 1. The number of carbonyl (C=O) groups excluding carboxylic acids is 2. The van der Waals surface area contributed by atoms with E-state index in [1.165, 1.54) is 6.08 Å². The average Bonchev–Trinajstić information content (AvgIpc) is 2.60. The van der Waals surface area contributed by atoms with Gasteiger partial charge in [0.25, 0.3) is 5.91 Å². The molecule has 25 heavy (non-hydrogen) atoms. The van der Waals surface area contributed by atoms with Crippen molar-refractivity contribution in [3.63, 3.8) is 0 Å². The van der Waals surface area contributed by atoms with E-state index in [0.717, 1.165) is 16.7 Å². The van der Waals surface area contributed by atoms with E-state index < -0.39 is 12.1 Å². The van der Waals surface area contributed by atoms with E-state index in [0.29, 0.717) is 6.54 Å². The van der Waals surface area contributed by atoms with Crippen LogP contribution in [-0.4, -0.2) is 29.9 Å². The predicted octanol–water partition coefficient (Wildman–Crippen LogP) is 3.60. The molecule has 0 fully saturated rings. The van der Waals surface area contributed by atoms with Gasteiger partial charge >= 0.3 is 5.97 Å². The molecule has 4 heteroatoms. The number of likely N-dealkylation sites (N-methyl/N-ethyl adjacent to an activating group) is 1. The topological polar surface area (TPSA) is 46.6 Å². The lowest BCUT2D eigenvalue weighted by molar-refractivity contribution is -0.154. The highest BCUT2D eigenvalue weighted by atomic mass is 16.5. The Morgan fingerprint density at radius 1 is 1.12 bits per heavy atom. The summed E-state index contributed by atoms with van der Waals surface area (Å²) >= 11 is 0. The highest BCUT2D eigenvalue weighted by molar-refractivity contribution is 5.90. The zero-order valence-corrected chi connectivity index (χ0v) is 14.8. The smallest absolute Gasteiger partial charge is 0.331 e. The lowest BCUT2D eigenvalue weighted by Crippen LogP contribution is -2.36. The Morgan fingerprint density at radius 3 is 2.52 bits per heavy atom. The van der Waals surface area contributed by atoms with Crippen molar-refractivity contribution in [2.24, 2.45) is 0 Å². The van der Waals surface area contributed by atoms with Crippen molar-refractivity contribution in [2.45, 2.75) is 26.5 Å². The maximum absolute atomic E-state index is 12.3. The molecule has 130 valence electrons. The van der Waals surface area contributed by atoms with Crippen molar-refractivity contribution in [3.05, 3.63) is 77.4 Å². The van der Waals surface area contributed by atoms with Gasteiger partial charge in [0.05, 0.1) is 0 Å². The second-order valence-corrected chi connectivity index (χ2v) is 6.01. The summed E-state index contributed by atoms with van der Waals surface area (Å²) in [5.74, 6) is -0.767. The van der Waals surface area contributed by atoms with Crippen LogP contribution in [-0.2, 0) is 20.9 Å². The molecule has 1 amide bonds. The lowest BCUT2D eigenvalue weighted by Gasteiger charge is -2.21. The third kappa shape index (κ3) is 5.92. The minimum absolute atomic E-state index is 0.235. The maximum Gasteiger partial charge on any atom is 0.331 e. The van der Waals surface area contributed by atoms with E-state index in [4.69, 9.17) is 4.74 Å². The molecular weight excluding hydrogens is 314 g/mol. The van der Waals surface area contributed by atoms with Crippen LogP contribution in [0.2, 0.25) is 0 Å². The third-order valence-electron chi connectivity index (χ3n) is 3.73. The van der Waals surface area contributed by atoms with E-state index >= 15 is 0 Å². The molecule has 0 aliphatic carbocycles. The van der Waals surface area contributed by atoms with Crippen molar-refractivity contribution in [3.8, 4) is 0 Å². The van der Waals surface area contributed by atoms with Crippen LogP contribution in [0, 0.1) is 6.92 Å². The van der Waals surface area contributed by atoms with E-state index in [2.05, 4.69) is 0 Å². The minimum atomic E-state index is -0.830. The molecule has 0 radical (unpaired) electrons. The summed E-state index contributed by atoms with van der Waals surface area (Å²) in [6.45, 7) is 4.04. The molecule has 0 aliphatic heterocycles. The zero-order chi connectivity index (χ0) is 18.2. The second kappa shape index (κ2) is 8.83. The highest BCUT2D eigenvalue weighted by Gasteiger charge is 2.20. The molecule has 2 rings (SSSR count). The number of ether oxygens (including phenoxy) is 1. The van der Waals surface area contributed by atoms with Gasteiger partial charge in [0.15, 0.2) is 6.10 Å². The fourth-order valence-electron chi connectivity index (χ4n) is 2.45. The van der Waals surface area contributed by atoms with Crippen molar-refractivity contribution >= 4 is 18.0 Å². The maximum atomic E-state index is 12.3. The first-order valence-corrected chi connectivity index (χ1v) is 8.20. The van der Waals surface area contributed by atoms with Gasteiger partial charge in [-0.25, -0.2) is 4.79 Å². The van der Waals surface area contributed by atoms with E-state index in [9.17, 15) is 9.59 Å². The summed E-state index contributed by atoms with van der Waals surface area (Å²) in [6.07, 6.45) is 2.19. The molecule has 0 spiro atoms. The summed E-state index contributed by atoms with van der Waals surface area (Å²) < 4.78 is 5.21. The Hall–Kier alpha value is -2.88. The number of esters is 1. The van der Waals surface area contributed by atoms with Crippen LogP contribution in [0.1, 0.15) is 23.6 Å². The van der Waals surface area contributed by atoms with Gasteiger partial charge in [-0.15, -0.1) is 0 Å². The summed E-state index contributed by atoms with van der Waals surface area (Å²) in [7, 11) is 1.70. The molecule has 0 heterocycles. The molecule has 0 aliphatic rings. The van der Waals surface area contributed by atoms with Crippen LogP contribution < -0.4 is 0 Å². The van der Waals surface area contributed by atoms with Crippen LogP contribution in [0.3, 0.4) is 0 Å². The molecule has 0 saturated heterocycles. The third-order valence-corrected chi connectivity index (χ3v) is 3.73. The molecule has 2 aromatic carbocycles. The Balaban J connectivity index is 1.88. The van der Waals surface area contributed by atoms with Gasteiger partial charge in [0, 0.05) is 19.7 Å². The van der Waals surface area contributed by atoms with Gasteiger partial charge < -0.3 is 9.64 Å². The van der Waals surface area contributed by atoms with Gasteiger partial charge in [-0.05, 0) is 31.1 Å². The van der Waals surface area contributed by atoms with E-state index in [1.54, 1.807) is 24.9 Å². The summed E-state index contributed by atoms with van der Waals surface area (Å²) in [6, 6.07) is 17.4. The monoisotopic (exact) mass is 337 g/mol. The van der Waals surface area contributed by atoms with Gasteiger partial charge in [0.1, 0.15) is 0 Å². The molecular formula is C21H23NO3. The van der Waals surface area contributed by atoms with Gasteiger partial charge in [-0.3, -0.25) is 4.79 Å². The van der Waals surface area contributed by atoms with E-state index in [1.807, 2.05) is 61.5 Å². The Morgan fingerprint density at radius 2 is 1.84 bits per heavy atom. The van der Waals surface area contributed by atoms with Crippen LogP contribution >= 0.6 is 0 Å². The first-order valence-electron chi connectivity index (χ1n) is 8.20. The van der Waals surface area contributed by atoms with E-state index in [-0.39, 0.29) is 5.91 Å². The fourth-order valence-corrected chi connectivity index (χ4v) is 2.45. The number of amides is 1. The second-order valence-electron chi connectivity index (χ2n) is 6.01. The fraction of sp³-hybridized carbons (Fsp3) is 0.238. The number of benzene rings is 2. The summed E-state index contributed by atoms with van der Waals surface area (Å²) in [5.41, 5.74) is 3.05. The normalized spacial score (nSPS) is 12.0.